The van der Waals surface area contributed by atoms with Crippen LogP contribution in [0, 0.1) is 10.1 Å². The first-order valence-corrected chi connectivity index (χ1v) is 4.41. The number of hydrogen-bond donors (Lipinski definition) is 1. The maximum Gasteiger partial charge on any atom is 0.292 e. The Bertz CT molecular complexity index is 523. The number of benzene rings is 1. The number of nitrogens with zero attached hydrogens (tertiary/aromatic N) is 5. The van der Waals surface area contributed by atoms with Gasteiger partial charge in [-0.2, -0.15) is 0 Å². The normalized spacial score (nSPS) is 10.1. The summed E-state index contributed by atoms with van der Waals surface area (Å²) in [6.45, 7) is 0. The molecule has 0 saturated carbocycles. The predicted octanol–water partition coefficient (Wildman–Crippen LogP) is 0.862. The van der Waals surface area contributed by atoms with Crippen molar-refractivity contribution in [1.29, 1.82) is 0 Å². The summed E-state index contributed by atoms with van der Waals surface area (Å²) in [5.74, 6) is 0.342. The fourth-order valence-electron chi connectivity index (χ4n) is 1.19. The molecule has 0 aliphatic carbocycles. The van der Waals surface area contributed by atoms with Gasteiger partial charge in [0.25, 0.3) is 5.69 Å². The van der Waals surface area contributed by atoms with E-state index >= 15 is 0 Å². The molecule has 0 spiro atoms. The van der Waals surface area contributed by atoms with Crippen molar-refractivity contribution in [3.05, 3.63) is 34.4 Å². The van der Waals surface area contributed by atoms with Crippen molar-refractivity contribution < 1.29 is 4.92 Å². The standard InChI is InChI=1S/C8H8N6O2/c1-13-8(10-11-12-13)9-6-4-2-3-5-7(6)14(15)16/h2-5H,1H3,(H,9,10,12). The lowest BCUT2D eigenvalue weighted by Crippen LogP contribution is -2.02. The molecule has 0 aliphatic rings. The predicted molar refractivity (Wildman–Crippen MR) is 55.2 cm³/mol. The van der Waals surface area contributed by atoms with Gasteiger partial charge < -0.3 is 5.32 Å². The molecule has 0 amide bonds. The van der Waals surface area contributed by atoms with Crippen LogP contribution in [0.15, 0.2) is 24.3 Å². The third kappa shape index (κ3) is 1.80. The molecule has 2 aromatic rings. The van der Waals surface area contributed by atoms with E-state index in [-0.39, 0.29) is 5.69 Å². The van der Waals surface area contributed by atoms with Crippen LogP contribution in [0.25, 0.3) is 0 Å². The molecule has 2 rings (SSSR count). The zero-order chi connectivity index (χ0) is 11.5. The lowest BCUT2D eigenvalue weighted by molar-refractivity contribution is -0.383. The first-order valence-electron chi connectivity index (χ1n) is 4.41. The minimum absolute atomic E-state index is 0.0227. The Kier molecular flexibility index (Phi) is 2.46. The minimum Gasteiger partial charge on any atom is -0.317 e. The van der Waals surface area contributed by atoms with Gasteiger partial charge in [-0.3, -0.25) is 10.1 Å². The van der Waals surface area contributed by atoms with Crippen LogP contribution in [0.2, 0.25) is 0 Å². The van der Waals surface area contributed by atoms with Crippen LogP contribution in [-0.4, -0.2) is 25.1 Å². The number of tetrazole rings is 1. The number of nitro groups is 1. The second-order valence-electron chi connectivity index (χ2n) is 3.03. The van der Waals surface area contributed by atoms with E-state index in [1.165, 1.54) is 10.7 Å². The number of anilines is 2. The van der Waals surface area contributed by atoms with E-state index in [0.717, 1.165) is 0 Å². The van der Waals surface area contributed by atoms with Gasteiger partial charge in [0.15, 0.2) is 0 Å². The zero-order valence-corrected chi connectivity index (χ0v) is 8.36. The molecular formula is C8H8N6O2. The first-order chi connectivity index (χ1) is 7.68. The number of nitrogens with one attached hydrogen (secondary N) is 1. The third-order valence-electron chi connectivity index (χ3n) is 1.97. The fourth-order valence-corrected chi connectivity index (χ4v) is 1.19. The van der Waals surface area contributed by atoms with E-state index in [9.17, 15) is 10.1 Å². The van der Waals surface area contributed by atoms with Crippen molar-refractivity contribution in [2.45, 2.75) is 0 Å². The van der Waals surface area contributed by atoms with Crippen LogP contribution in [0.5, 0.6) is 0 Å². The molecule has 0 radical (unpaired) electrons. The van der Waals surface area contributed by atoms with Crippen molar-refractivity contribution >= 4 is 17.3 Å². The molecule has 0 aliphatic heterocycles. The van der Waals surface area contributed by atoms with Gasteiger partial charge in [0.1, 0.15) is 5.69 Å². The lowest BCUT2D eigenvalue weighted by Gasteiger charge is -2.03. The topological polar surface area (TPSA) is 98.8 Å². The van der Waals surface area contributed by atoms with Crippen LogP contribution >= 0.6 is 0 Å². The largest absolute Gasteiger partial charge is 0.317 e. The molecule has 16 heavy (non-hydrogen) atoms. The second kappa shape index (κ2) is 3.93. The van der Waals surface area contributed by atoms with Crippen molar-refractivity contribution in [2.24, 2.45) is 7.05 Å². The minimum atomic E-state index is -0.466. The van der Waals surface area contributed by atoms with Crippen LogP contribution in [0.1, 0.15) is 0 Å². The van der Waals surface area contributed by atoms with Gasteiger partial charge in [-0.25, -0.2) is 4.68 Å². The molecule has 1 aromatic carbocycles. The van der Waals surface area contributed by atoms with Gasteiger partial charge in [0.2, 0.25) is 5.95 Å². The summed E-state index contributed by atoms with van der Waals surface area (Å²) in [6.07, 6.45) is 0. The molecule has 8 nitrogen and oxygen atoms in total. The number of aryl methyl sites for hydroxylation is 1. The van der Waals surface area contributed by atoms with E-state index in [2.05, 4.69) is 20.8 Å². The molecule has 0 fully saturated rings. The highest BCUT2D eigenvalue weighted by Gasteiger charge is 2.14. The highest BCUT2D eigenvalue weighted by Crippen LogP contribution is 2.25. The molecule has 1 heterocycles. The molecule has 1 N–H and O–H groups in total. The molecule has 0 bridgehead atoms. The van der Waals surface area contributed by atoms with Gasteiger partial charge in [0, 0.05) is 13.1 Å². The number of para-hydroxylation sites is 2. The van der Waals surface area contributed by atoms with E-state index < -0.39 is 4.92 Å². The number of hydrogen-bond acceptors (Lipinski definition) is 6. The maximum absolute atomic E-state index is 10.7. The van der Waals surface area contributed by atoms with Gasteiger partial charge in [-0.1, -0.05) is 17.2 Å². The van der Waals surface area contributed by atoms with Gasteiger partial charge in [0.05, 0.1) is 4.92 Å². The van der Waals surface area contributed by atoms with Crippen molar-refractivity contribution in [2.75, 3.05) is 5.32 Å². The molecule has 8 heteroatoms. The number of nitro benzene ring substituents is 1. The average Bonchev–Trinajstić information content (AvgIpc) is 2.65. The Morgan fingerprint density at radius 3 is 2.81 bits per heavy atom. The van der Waals surface area contributed by atoms with E-state index in [4.69, 9.17) is 0 Å². The summed E-state index contributed by atoms with van der Waals surface area (Å²) in [5, 5.41) is 24.2. The smallest absolute Gasteiger partial charge is 0.292 e. The summed E-state index contributed by atoms with van der Waals surface area (Å²) in [7, 11) is 1.64. The molecule has 0 atom stereocenters. The summed E-state index contributed by atoms with van der Waals surface area (Å²) in [6, 6.07) is 6.29. The van der Waals surface area contributed by atoms with E-state index in [1.807, 2.05) is 0 Å². The van der Waals surface area contributed by atoms with Crippen LogP contribution in [0.4, 0.5) is 17.3 Å². The van der Waals surface area contributed by atoms with Crippen molar-refractivity contribution in [3.63, 3.8) is 0 Å². The zero-order valence-electron chi connectivity index (χ0n) is 8.36. The Hall–Kier alpha value is -2.51. The highest BCUT2D eigenvalue weighted by molar-refractivity contribution is 5.65. The Balaban J connectivity index is 2.35. The molecule has 82 valence electrons. The second-order valence-corrected chi connectivity index (χ2v) is 3.03. The third-order valence-corrected chi connectivity index (χ3v) is 1.97. The number of aromatic nitrogens is 4. The van der Waals surface area contributed by atoms with Gasteiger partial charge in [-0.05, 0) is 16.5 Å². The Morgan fingerprint density at radius 1 is 1.44 bits per heavy atom. The quantitative estimate of drug-likeness (QED) is 0.608. The summed E-state index contributed by atoms with van der Waals surface area (Å²) < 4.78 is 1.39. The van der Waals surface area contributed by atoms with Crippen LogP contribution in [-0.2, 0) is 7.05 Å². The molecule has 0 unspecified atom stereocenters. The fraction of sp³-hybridized carbons (Fsp3) is 0.125. The van der Waals surface area contributed by atoms with Crippen LogP contribution in [0.3, 0.4) is 0 Å². The molecular weight excluding hydrogens is 212 g/mol. The number of rotatable bonds is 3. The summed E-state index contributed by atoms with van der Waals surface area (Å²) in [5.41, 5.74) is 0.330. The maximum atomic E-state index is 10.7. The monoisotopic (exact) mass is 220 g/mol. The Labute approximate surface area is 90.0 Å². The van der Waals surface area contributed by atoms with Gasteiger partial charge >= 0.3 is 0 Å². The summed E-state index contributed by atoms with van der Waals surface area (Å²) in [4.78, 5) is 10.3. The van der Waals surface area contributed by atoms with Crippen molar-refractivity contribution in [1.82, 2.24) is 20.2 Å². The molecule has 0 saturated heterocycles. The van der Waals surface area contributed by atoms with E-state index in [0.29, 0.717) is 11.6 Å². The first kappa shape index (κ1) is 10.0. The van der Waals surface area contributed by atoms with Gasteiger partial charge in [-0.15, -0.1) is 0 Å². The lowest BCUT2D eigenvalue weighted by atomic mass is 10.3. The molecule has 1 aromatic heterocycles. The average molecular weight is 220 g/mol. The summed E-state index contributed by atoms with van der Waals surface area (Å²) >= 11 is 0. The SMILES string of the molecule is Cn1nnnc1Nc1ccccc1[N+](=O)[O-]. The van der Waals surface area contributed by atoms with Crippen LogP contribution < -0.4 is 5.32 Å². The Morgan fingerprint density at radius 2 is 2.19 bits per heavy atom. The van der Waals surface area contributed by atoms with E-state index in [1.54, 1.807) is 25.2 Å². The van der Waals surface area contributed by atoms with Crippen molar-refractivity contribution in [3.8, 4) is 0 Å². The highest BCUT2D eigenvalue weighted by atomic mass is 16.6.